The molecule has 0 unspecified atom stereocenters. The molecule has 0 atom stereocenters. The molecule has 0 fully saturated rings. The van der Waals surface area contributed by atoms with Crippen molar-refractivity contribution in [2.75, 3.05) is 32.3 Å². The predicted molar refractivity (Wildman–Crippen MR) is 56.2 cm³/mol. The minimum Gasteiger partial charge on any atom is -0.413 e. The minimum atomic E-state index is -1.74. The average Bonchev–Trinajstić information content (AvgIpc) is 2.12. The van der Waals surface area contributed by atoms with Crippen molar-refractivity contribution < 1.29 is 13.9 Å². The highest BCUT2D eigenvalue weighted by molar-refractivity contribution is 6.72. The Labute approximate surface area is 82.5 Å². The molecule has 0 aromatic rings. The average molecular weight is 206 g/mol. The summed E-state index contributed by atoms with van der Waals surface area (Å²) >= 11 is 0. The number of ether oxygens (including phenoxy) is 2. The van der Waals surface area contributed by atoms with Crippen LogP contribution in [0, 0.1) is 0 Å². The molecule has 0 aliphatic carbocycles. The molecule has 0 aliphatic rings. The molecular formula is C9H22O3Si. The van der Waals surface area contributed by atoms with E-state index in [0.29, 0.717) is 0 Å². The standard InChI is InChI=1S/C9H22O3Si/c1-5-10-8-13(4,12-7-3)9-11-6-2/h5-9H2,1-4H3. The molecule has 0 saturated heterocycles. The van der Waals surface area contributed by atoms with Crippen molar-refractivity contribution in [3.05, 3.63) is 0 Å². The largest absolute Gasteiger partial charge is 0.413 e. The molecular weight excluding hydrogens is 184 g/mol. The Morgan fingerprint density at radius 3 is 1.62 bits per heavy atom. The van der Waals surface area contributed by atoms with Gasteiger partial charge in [0, 0.05) is 19.8 Å². The zero-order chi connectivity index (χ0) is 10.2. The maximum Gasteiger partial charge on any atom is 0.240 e. The third-order valence-corrected chi connectivity index (χ3v) is 4.33. The number of rotatable bonds is 8. The summed E-state index contributed by atoms with van der Waals surface area (Å²) in [4.78, 5) is 0. The van der Waals surface area contributed by atoms with Gasteiger partial charge in [0.05, 0.1) is 12.5 Å². The van der Waals surface area contributed by atoms with E-state index < -0.39 is 8.32 Å². The first-order valence-corrected chi connectivity index (χ1v) is 7.80. The molecule has 0 radical (unpaired) electrons. The Balaban J connectivity index is 3.84. The summed E-state index contributed by atoms with van der Waals surface area (Å²) in [7, 11) is -1.74. The van der Waals surface area contributed by atoms with Crippen molar-refractivity contribution in [2.24, 2.45) is 0 Å². The molecule has 0 N–H and O–H groups in total. The quantitative estimate of drug-likeness (QED) is 0.566. The zero-order valence-corrected chi connectivity index (χ0v) is 10.3. The number of hydrogen-bond acceptors (Lipinski definition) is 3. The summed E-state index contributed by atoms with van der Waals surface area (Å²) in [6, 6.07) is 0. The Bertz CT molecular complexity index is 111. The Kier molecular flexibility index (Phi) is 7.55. The van der Waals surface area contributed by atoms with E-state index in [2.05, 4.69) is 6.55 Å². The van der Waals surface area contributed by atoms with Crippen LogP contribution in [-0.2, 0) is 13.9 Å². The normalized spacial score (nSPS) is 12.0. The maximum atomic E-state index is 5.72. The maximum absolute atomic E-state index is 5.72. The molecule has 0 heterocycles. The molecule has 3 nitrogen and oxygen atoms in total. The van der Waals surface area contributed by atoms with Crippen LogP contribution < -0.4 is 0 Å². The van der Waals surface area contributed by atoms with Crippen LogP contribution in [0.25, 0.3) is 0 Å². The van der Waals surface area contributed by atoms with E-state index in [1.807, 2.05) is 20.8 Å². The molecule has 0 rings (SSSR count). The van der Waals surface area contributed by atoms with E-state index in [0.717, 1.165) is 32.3 Å². The topological polar surface area (TPSA) is 27.7 Å². The fraction of sp³-hybridized carbons (Fsp3) is 1.00. The first-order valence-electron chi connectivity index (χ1n) is 4.98. The first-order chi connectivity index (χ1) is 6.18. The lowest BCUT2D eigenvalue weighted by Crippen LogP contribution is -2.46. The molecule has 0 aromatic heterocycles. The lowest BCUT2D eigenvalue weighted by Gasteiger charge is -2.25. The van der Waals surface area contributed by atoms with Crippen LogP contribution in [-0.4, -0.2) is 40.6 Å². The highest BCUT2D eigenvalue weighted by atomic mass is 28.4. The van der Waals surface area contributed by atoms with Crippen LogP contribution in [0.1, 0.15) is 20.8 Å². The van der Waals surface area contributed by atoms with Gasteiger partial charge in [-0.2, -0.15) is 0 Å². The van der Waals surface area contributed by atoms with Crippen molar-refractivity contribution in [1.29, 1.82) is 0 Å². The Morgan fingerprint density at radius 1 is 0.846 bits per heavy atom. The van der Waals surface area contributed by atoms with Crippen LogP contribution >= 0.6 is 0 Å². The van der Waals surface area contributed by atoms with Crippen molar-refractivity contribution >= 4 is 8.32 Å². The molecule has 0 aromatic carbocycles. The minimum absolute atomic E-state index is 0.733. The van der Waals surface area contributed by atoms with E-state index in [9.17, 15) is 0 Å². The fourth-order valence-electron chi connectivity index (χ4n) is 1.11. The van der Waals surface area contributed by atoms with Gasteiger partial charge in [0.1, 0.15) is 0 Å². The second-order valence-corrected chi connectivity index (χ2v) is 6.92. The van der Waals surface area contributed by atoms with Gasteiger partial charge in [0.25, 0.3) is 0 Å². The molecule has 0 aliphatic heterocycles. The molecule has 0 spiro atoms. The monoisotopic (exact) mass is 206 g/mol. The lowest BCUT2D eigenvalue weighted by atomic mass is 10.9. The highest BCUT2D eigenvalue weighted by Crippen LogP contribution is 2.06. The first kappa shape index (κ1) is 13.1. The summed E-state index contributed by atoms with van der Waals surface area (Å²) in [6.07, 6.45) is 1.47. The van der Waals surface area contributed by atoms with Crippen LogP contribution in [0.4, 0.5) is 0 Å². The van der Waals surface area contributed by atoms with E-state index in [4.69, 9.17) is 13.9 Å². The lowest BCUT2D eigenvalue weighted by molar-refractivity contribution is 0.132. The van der Waals surface area contributed by atoms with Crippen LogP contribution in [0.15, 0.2) is 0 Å². The number of hydrogen-bond donors (Lipinski definition) is 0. The summed E-state index contributed by atoms with van der Waals surface area (Å²) in [6.45, 7) is 10.4. The Hall–Kier alpha value is 0.0969. The van der Waals surface area contributed by atoms with Gasteiger partial charge in [-0.25, -0.2) is 0 Å². The summed E-state index contributed by atoms with van der Waals surface area (Å²) in [5.41, 5.74) is 0. The van der Waals surface area contributed by atoms with Crippen LogP contribution in [0.3, 0.4) is 0 Å². The van der Waals surface area contributed by atoms with Gasteiger partial charge in [0.2, 0.25) is 8.32 Å². The van der Waals surface area contributed by atoms with Crippen molar-refractivity contribution in [3.63, 3.8) is 0 Å². The van der Waals surface area contributed by atoms with E-state index in [-0.39, 0.29) is 0 Å². The third kappa shape index (κ3) is 6.21. The SMILES string of the molecule is CCOC[Si](C)(COCC)OCC. The molecule has 0 bridgehead atoms. The summed E-state index contributed by atoms with van der Waals surface area (Å²) in [5.74, 6) is 0. The third-order valence-electron chi connectivity index (χ3n) is 1.72. The fourth-order valence-corrected chi connectivity index (χ4v) is 3.33. The van der Waals surface area contributed by atoms with Gasteiger partial charge < -0.3 is 13.9 Å². The van der Waals surface area contributed by atoms with E-state index >= 15 is 0 Å². The summed E-state index contributed by atoms with van der Waals surface area (Å²) < 4.78 is 16.5. The predicted octanol–water partition coefficient (Wildman–Crippen LogP) is 1.75. The van der Waals surface area contributed by atoms with Crippen LogP contribution in [0.2, 0.25) is 6.55 Å². The second-order valence-electron chi connectivity index (χ2n) is 3.16. The van der Waals surface area contributed by atoms with Gasteiger partial charge in [-0.05, 0) is 27.3 Å². The van der Waals surface area contributed by atoms with Crippen molar-refractivity contribution in [1.82, 2.24) is 0 Å². The summed E-state index contributed by atoms with van der Waals surface area (Å²) in [5, 5.41) is 0. The van der Waals surface area contributed by atoms with E-state index in [1.54, 1.807) is 0 Å². The highest BCUT2D eigenvalue weighted by Gasteiger charge is 2.29. The smallest absolute Gasteiger partial charge is 0.240 e. The Morgan fingerprint density at radius 2 is 1.31 bits per heavy atom. The van der Waals surface area contributed by atoms with Crippen molar-refractivity contribution in [2.45, 2.75) is 27.3 Å². The van der Waals surface area contributed by atoms with Crippen LogP contribution in [0.5, 0.6) is 0 Å². The molecule has 0 saturated carbocycles. The van der Waals surface area contributed by atoms with Gasteiger partial charge >= 0.3 is 0 Å². The van der Waals surface area contributed by atoms with Crippen molar-refractivity contribution in [3.8, 4) is 0 Å². The van der Waals surface area contributed by atoms with E-state index in [1.165, 1.54) is 0 Å². The zero-order valence-electron chi connectivity index (χ0n) is 9.26. The second kappa shape index (κ2) is 7.50. The van der Waals surface area contributed by atoms with Gasteiger partial charge in [0.15, 0.2) is 0 Å². The molecule has 80 valence electrons. The van der Waals surface area contributed by atoms with Gasteiger partial charge in [-0.15, -0.1) is 0 Å². The molecule has 4 heteroatoms. The molecule has 13 heavy (non-hydrogen) atoms. The van der Waals surface area contributed by atoms with Gasteiger partial charge in [-0.3, -0.25) is 0 Å². The van der Waals surface area contributed by atoms with Gasteiger partial charge in [-0.1, -0.05) is 0 Å². The molecule has 0 amide bonds.